The van der Waals surface area contributed by atoms with E-state index in [-0.39, 0.29) is 0 Å². The van der Waals surface area contributed by atoms with Crippen molar-refractivity contribution < 1.29 is 4.74 Å². The number of hydrogen-bond acceptors (Lipinski definition) is 6. The Morgan fingerprint density at radius 3 is 2.64 bits per heavy atom. The molecule has 8 nitrogen and oxygen atoms in total. The lowest BCUT2D eigenvalue weighted by Crippen LogP contribution is -1.90. The largest absolute Gasteiger partial charge is 0.497 e. The van der Waals surface area contributed by atoms with E-state index in [1.54, 1.807) is 19.5 Å². The van der Waals surface area contributed by atoms with Crippen LogP contribution in [0, 0.1) is 0 Å². The van der Waals surface area contributed by atoms with E-state index in [1.807, 2.05) is 60.7 Å². The third-order valence-corrected chi connectivity index (χ3v) is 5.58. The van der Waals surface area contributed by atoms with Crippen molar-refractivity contribution in [3.63, 3.8) is 0 Å². The number of methoxy groups -OCH3 is 1. The number of benzene rings is 2. The summed E-state index contributed by atoms with van der Waals surface area (Å²) in [4.78, 5) is 17.3. The third-order valence-electron chi connectivity index (χ3n) is 5.58. The molecule has 0 spiro atoms. The van der Waals surface area contributed by atoms with Gasteiger partial charge in [-0.05, 0) is 42.0 Å². The molecule has 0 radical (unpaired) electrons. The first kappa shape index (κ1) is 19.0. The van der Waals surface area contributed by atoms with Gasteiger partial charge in [0.15, 0.2) is 11.5 Å². The number of para-hydroxylation sites is 1. The van der Waals surface area contributed by atoms with E-state index < -0.39 is 0 Å². The molecule has 160 valence electrons. The number of pyridine rings is 2. The predicted molar refractivity (Wildman–Crippen MR) is 129 cm³/mol. The SMILES string of the molecule is COc1cccc(-c2cccc3[nH]c(-c4n[nH]c5ccc(-c6cncc(N)c6)nc45)nc23)c1. The fraction of sp³-hybridized carbons (Fsp3) is 0.0400. The molecule has 6 aromatic rings. The number of nitrogens with two attached hydrogens (primary N) is 1. The molecule has 0 saturated heterocycles. The number of imidazole rings is 1. The van der Waals surface area contributed by atoms with Crippen molar-refractivity contribution in [3.8, 4) is 39.7 Å². The number of aromatic amines is 2. The van der Waals surface area contributed by atoms with Crippen LogP contribution in [0.25, 0.3) is 56.0 Å². The van der Waals surface area contributed by atoms with Crippen LogP contribution >= 0.6 is 0 Å². The molecule has 2 aromatic carbocycles. The summed E-state index contributed by atoms with van der Waals surface area (Å²) >= 11 is 0. The molecule has 8 heteroatoms. The molecule has 4 heterocycles. The van der Waals surface area contributed by atoms with Crippen LogP contribution in [0.4, 0.5) is 5.69 Å². The lowest BCUT2D eigenvalue weighted by Gasteiger charge is -2.05. The Morgan fingerprint density at radius 1 is 0.848 bits per heavy atom. The molecule has 33 heavy (non-hydrogen) atoms. The van der Waals surface area contributed by atoms with Crippen molar-refractivity contribution in [3.05, 3.63) is 73.1 Å². The molecule has 6 rings (SSSR count). The van der Waals surface area contributed by atoms with Crippen LogP contribution in [0.5, 0.6) is 5.75 Å². The smallest absolute Gasteiger partial charge is 0.161 e. The van der Waals surface area contributed by atoms with Gasteiger partial charge in [0.25, 0.3) is 0 Å². The van der Waals surface area contributed by atoms with Crippen LogP contribution in [0.3, 0.4) is 0 Å². The van der Waals surface area contributed by atoms with Crippen molar-refractivity contribution in [2.75, 3.05) is 12.8 Å². The summed E-state index contributed by atoms with van der Waals surface area (Å²) in [6.45, 7) is 0. The lowest BCUT2D eigenvalue weighted by molar-refractivity contribution is 0.415. The van der Waals surface area contributed by atoms with E-state index in [9.17, 15) is 0 Å². The third kappa shape index (κ3) is 3.25. The van der Waals surface area contributed by atoms with E-state index >= 15 is 0 Å². The monoisotopic (exact) mass is 433 g/mol. The maximum absolute atomic E-state index is 5.90. The first-order valence-corrected chi connectivity index (χ1v) is 10.4. The highest BCUT2D eigenvalue weighted by Gasteiger charge is 2.17. The van der Waals surface area contributed by atoms with E-state index in [1.165, 1.54) is 0 Å². The summed E-state index contributed by atoms with van der Waals surface area (Å²) in [5.74, 6) is 1.44. The second-order valence-corrected chi connectivity index (χ2v) is 7.69. The summed E-state index contributed by atoms with van der Waals surface area (Å²) in [5, 5.41) is 7.55. The summed E-state index contributed by atoms with van der Waals surface area (Å²) in [7, 11) is 1.66. The minimum Gasteiger partial charge on any atom is -0.497 e. The fourth-order valence-corrected chi connectivity index (χ4v) is 3.99. The predicted octanol–water partition coefficient (Wildman–Crippen LogP) is 4.82. The van der Waals surface area contributed by atoms with Gasteiger partial charge in [-0.3, -0.25) is 10.1 Å². The average molecular weight is 433 g/mol. The van der Waals surface area contributed by atoms with Crippen LogP contribution in [0.1, 0.15) is 0 Å². The van der Waals surface area contributed by atoms with Gasteiger partial charge < -0.3 is 15.5 Å². The van der Waals surface area contributed by atoms with E-state index in [0.29, 0.717) is 17.2 Å². The Labute approximate surface area is 188 Å². The summed E-state index contributed by atoms with van der Waals surface area (Å²) in [6, 6.07) is 19.7. The standard InChI is InChI=1S/C25H19N7O/c1-33-17-5-2-4-14(11-17)18-6-3-7-20-22(18)30-25(29-20)24-23-21(31-32-24)9-8-19(28-23)15-10-16(26)13-27-12-15/h2-13H,26H2,1H3,(H,29,30)(H,31,32). The van der Waals surface area contributed by atoms with Gasteiger partial charge in [-0.1, -0.05) is 24.3 Å². The highest BCUT2D eigenvalue weighted by atomic mass is 16.5. The fourth-order valence-electron chi connectivity index (χ4n) is 3.99. The molecule has 0 bridgehead atoms. The molecule has 0 atom stereocenters. The van der Waals surface area contributed by atoms with Gasteiger partial charge in [0, 0.05) is 23.5 Å². The Bertz CT molecular complexity index is 1630. The molecule has 0 aliphatic rings. The van der Waals surface area contributed by atoms with Gasteiger partial charge in [-0.15, -0.1) is 0 Å². The summed E-state index contributed by atoms with van der Waals surface area (Å²) in [5.41, 5.74) is 14.1. The Balaban J connectivity index is 1.49. The van der Waals surface area contributed by atoms with Crippen molar-refractivity contribution >= 4 is 27.8 Å². The van der Waals surface area contributed by atoms with Crippen molar-refractivity contribution in [2.45, 2.75) is 0 Å². The highest BCUT2D eigenvalue weighted by molar-refractivity contribution is 5.96. The topological polar surface area (TPSA) is 118 Å². The molecular weight excluding hydrogens is 414 g/mol. The van der Waals surface area contributed by atoms with Crippen LogP contribution in [-0.2, 0) is 0 Å². The molecule has 0 saturated carbocycles. The first-order chi connectivity index (χ1) is 16.2. The molecule has 4 aromatic heterocycles. The van der Waals surface area contributed by atoms with Crippen molar-refractivity contribution in [2.24, 2.45) is 0 Å². The normalized spacial score (nSPS) is 11.3. The van der Waals surface area contributed by atoms with E-state index in [0.717, 1.165) is 50.2 Å². The summed E-state index contributed by atoms with van der Waals surface area (Å²) in [6.07, 6.45) is 3.35. The first-order valence-electron chi connectivity index (χ1n) is 10.4. The number of nitrogens with zero attached hydrogens (tertiary/aromatic N) is 4. The molecule has 0 amide bonds. The quantitative estimate of drug-likeness (QED) is 0.367. The van der Waals surface area contributed by atoms with Crippen LogP contribution in [-0.4, -0.2) is 37.2 Å². The van der Waals surface area contributed by atoms with Gasteiger partial charge >= 0.3 is 0 Å². The van der Waals surface area contributed by atoms with E-state index in [4.69, 9.17) is 20.4 Å². The van der Waals surface area contributed by atoms with Gasteiger partial charge in [0.05, 0.1) is 35.0 Å². The molecule has 0 fully saturated rings. The van der Waals surface area contributed by atoms with Gasteiger partial charge in [0.1, 0.15) is 11.3 Å². The number of aromatic nitrogens is 6. The minimum absolute atomic E-state index is 0.587. The molecule has 0 aliphatic heterocycles. The average Bonchev–Trinajstić information content (AvgIpc) is 3.47. The van der Waals surface area contributed by atoms with Crippen molar-refractivity contribution in [1.29, 1.82) is 0 Å². The molecular formula is C25H19N7O. The number of hydrogen-bond donors (Lipinski definition) is 3. The maximum atomic E-state index is 5.90. The number of nitrogen functional groups attached to an aromatic ring is 1. The zero-order valence-corrected chi connectivity index (χ0v) is 17.7. The number of rotatable bonds is 4. The van der Waals surface area contributed by atoms with Crippen LogP contribution < -0.4 is 10.5 Å². The highest BCUT2D eigenvalue weighted by Crippen LogP contribution is 2.33. The Hall–Kier alpha value is -4.72. The number of ether oxygens (including phenoxy) is 1. The number of nitrogens with one attached hydrogen (secondary N) is 2. The minimum atomic E-state index is 0.587. The van der Waals surface area contributed by atoms with Gasteiger partial charge in [-0.2, -0.15) is 5.10 Å². The zero-order chi connectivity index (χ0) is 22.4. The Morgan fingerprint density at radius 2 is 1.76 bits per heavy atom. The Kier molecular flexibility index (Phi) is 4.29. The maximum Gasteiger partial charge on any atom is 0.161 e. The van der Waals surface area contributed by atoms with Crippen molar-refractivity contribution in [1.82, 2.24) is 30.1 Å². The van der Waals surface area contributed by atoms with Crippen LogP contribution in [0.15, 0.2) is 73.1 Å². The molecule has 0 unspecified atom stereocenters. The number of anilines is 1. The van der Waals surface area contributed by atoms with Gasteiger partial charge in [-0.25, -0.2) is 9.97 Å². The molecule has 0 aliphatic carbocycles. The summed E-state index contributed by atoms with van der Waals surface area (Å²) < 4.78 is 5.39. The van der Waals surface area contributed by atoms with E-state index in [2.05, 4.69) is 20.2 Å². The number of H-pyrrole nitrogens is 2. The lowest BCUT2D eigenvalue weighted by atomic mass is 10.0. The van der Waals surface area contributed by atoms with Crippen LogP contribution in [0.2, 0.25) is 0 Å². The number of fused-ring (bicyclic) bond motifs is 2. The second-order valence-electron chi connectivity index (χ2n) is 7.69. The van der Waals surface area contributed by atoms with Gasteiger partial charge in [0.2, 0.25) is 0 Å². The zero-order valence-electron chi connectivity index (χ0n) is 17.7. The second kappa shape index (κ2) is 7.45. The molecule has 4 N–H and O–H groups in total.